The van der Waals surface area contributed by atoms with Crippen LogP contribution in [-0.2, 0) is 13.0 Å². The number of rotatable bonds is 5. The molecule has 0 bridgehead atoms. The normalized spacial score (nSPS) is 11.7. The average molecular weight is 412 g/mol. The van der Waals surface area contributed by atoms with Gasteiger partial charge in [-0.15, -0.1) is 0 Å². The van der Waals surface area contributed by atoms with E-state index in [9.17, 15) is 4.79 Å². The summed E-state index contributed by atoms with van der Waals surface area (Å²) in [4.78, 5) is 28.2. The van der Waals surface area contributed by atoms with Crippen molar-refractivity contribution < 1.29 is 0 Å². The molecule has 0 fully saturated rings. The maximum absolute atomic E-state index is 13.6. The molecule has 0 N–H and O–H groups in total. The Morgan fingerprint density at radius 3 is 2.26 bits per heavy atom. The first kappa shape index (κ1) is 19.4. The van der Waals surface area contributed by atoms with Gasteiger partial charge in [-0.25, -0.2) is 15.0 Å². The summed E-state index contributed by atoms with van der Waals surface area (Å²) >= 11 is 0. The first-order chi connectivity index (χ1) is 15.1. The topological polar surface area (TPSA) is 65.6 Å². The molecule has 0 amide bonds. The molecule has 3 aromatic heterocycles. The Kier molecular flexibility index (Phi) is 4.77. The number of unbranched alkanes of at least 4 members (excludes halogenated alkanes) is 1. The minimum absolute atomic E-state index is 0.0468. The van der Waals surface area contributed by atoms with Crippen molar-refractivity contribution in [2.45, 2.75) is 46.6 Å². The molecular formula is C25H25N5O. The van der Waals surface area contributed by atoms with Crippen LogP contribution in [0.15, 0.2) is 53.3 Å². The van der Waals surface area contributed by atoms with E-state index in [1.54, 1.807) is 4.57 Å². The molecule has 0 spiro atoms. The van der Waals surface area contributed by atoms with Crippen molar-refractivity contribution in [1.29, 1.82) is 0 Å². The number of aromatic nitrogens is 5. The van der Waals surface area contributed by atoms with Gasteiger partial charge in [-0.05, 0) is 49.6 Å². The Hall–Kier alpha value is -3.54. The van der Waals surface area contributed by atoms with Crippen LogP contribution >= 0.6 is 0 Å². The Morgan fingerprint density at radius 2 is 1.58 bits per heavy atom. The molecule has 156 valence electrons. The van der Waals surface area contributed by atoms with Crippen LogP contribution in [-0.4, -0.2) is 24.1 Å². The van der Waals surface area contributed by atoms with E-state index in [1.165, 1.54) is 5.56 Å². The molecule has 0 aliphatic carbocycles. The highest BCUT2D eigenvalue weighted by Gasteiger charge is 2.22. The van der Waals surface area contributed by atoms with Gasteiger partial charge in [0.05, 0.1) is 11.0 Å². The van der Waals surface area contributed by atoms with E-state index in [-0.39, 0.29) is 5.56 Å². The summed E-state index contributed by atoms with van der Waals surface area (Å²) in [5, 5.41) is 0.537. The number of para-hydroxylation sites is 2. The van der Waals surface area contributed by atoms with E-state index in [4.69, 9.17) is 15.0 Å². The molecule has 31 heavy (non-hydrogen) atoms. The Bertz CT molecular complexity index is 1480. The molecule has 0 saturated heterocycles. The van der Waals surface area contributed by atoms with Crippen molar-refractivity contribution in [3.8, 4) is 5.69 Å². The van der Waals surface area contributed by atoms with Gasteiger partial charge in [0.15, 0.2) is 11.3 Å². The average Bonchev–Trinajstić information content (AvgIpc) is 3.10. The maximum atomic E-state index is 13.6. The smallest absolute Gasteiger partial charge is 0.265 e. The number of aryl methyl sites for hydroxylation is 2. The minimum atomic E-state index is -0.0468. The van der Waals surface area contributed by atoms with E-state index in [0.717, 1.165) is 36.0 Å². The number of fused-ring (bicyclic) bond motifs is 4. The van der Waals surface area contributed by atoms with Crippen LogP contribution in [0.25, 0.3) is 38.9 Å². The zero-order chi connectivity index (χ0) is 21.5. The van der Waals surface area contributed by atoms with Crippen molar-refractivity contribution in [1.82, 2.24) is 24.1 Å². The van der Waals surface area contributed by atoms with Crippen molar-refractivity contribution in [3.63, 3.8) is 0 Å². The number of benzene rings is 2. The van der Waals surface area contributed by atoms with Gasteiger partial charge in [-0.2, -0.15) is 0 Å². The molecule has 6 heteroatoms. The molecule has 3 heterocycles. The second-order valence-electron chi connectivity index (χ2n) is 7.91. The third-order valence-electron chi connectivity index (χ3n) is 5.89. The summed E-state index contributed by atoms with van der Waals surface area (Å²) in [7, 11) is 0. The number of nitrogens with zero attached hydrogens (tertiary/aromatic N) is 5. The molecule has 2 aromatic carbocycles. The van der Waals surface area contributed by atoms with Crippen molar-refractivity contribution in [3.05, 3.63) is 70.3 Å². The van der Waals surface area contributed by atoms with E-state index in [0.29, 0.717) is 34.6 Å². The highest BCUT2D eigenvalue weighted by Crippen LogP contribution is 2.28. The standard InChI is InChI=1S/C25H25N5O/c1-4-6-15-29-16(3)26-23-21(25(29)31)22-24(28-20-10-8-7-9-19(20)27-22)30(23)18-13-11-17(5-2)12-14-18/h7-14H,4-6,15H2,1-3H3. The van der Waals surface area contributed by atoms with Crippen molar-refractivity contribution in [2.24, 2.45) is 0 Å². The number of hydrogen-bond donors (Lipinski definition) is 0. The first-order valence-corrected chi connectivity index (χ1v) is 10.9. The predicted molar refractivity (Wildman–Crippen MR) is 125 cm³/mol. The van der Waals surface area contributed by atoms with Crippen LogP contribution < -0.4 is 5.56 Å². The second kappa shape index (κ2) is 7.61. The van der Waals surface area contributed by atoms with Crippen LogP contribution in [0.3, 0.4) is 0 Å². The lowest BCUT2D eigenvalue weighted by Gasteiger charge is -2.10. The van der Waals surface area contributed by atoms with Crippen LogP contribution in [0, 0.1) is 6.92 Å². The Balaban J connectivity index is 1.92. The molecule has 0 aliphatic heterocycles. The van der Waals surface area contributed by atoms with Gasteiger partial charge in [0.25, 0.3) is 5.56 Å². The van der Waals surface area contributed by atoms with Gasteiger partial charge in [0.2, 0.25) is 0 Å². The molecule has 0 unspecified atom stereocenters. The SMILES string of the molecule is CCCCn1c(C)nc2c(c1=O)c1nc3ccccc3nc1n2-c1ccc(CC)cc1. The zero-order valence-corrected chi connectivity index (χ0v) is 18.1. The third-order valence-corrected chi connectivity index (χ3v) is 5.89. The van der Waals surface area contributed by atoms with E-state index in [2.05, 4.69) is 38.1 Å². The van der Waals surface area contributed by atoms with Gasteiger partial charge in [-0.1, -0.05) is 44.5 Å². The molecule has 5 aromatic rings. The summed E-state index contributed by atoms with van der Waals surface area (Å²) in [6, 6.07) is 16.1. The van der Waals surface area contributed by atoms with Gasteiger partial charge in [-0.3, -0.25) is 13.9 Å². The highest BCUT2D eigenvalue weighted by atomic mass is 16.1. The van der Waals surface area contributed by atoms with Crippen LogP contribution in [0.2, 0.25) is 0 Å². The summed E-state index contributed by atoms with van der Waals surface area (Å²) in [6.45, 7) is 6.81. The van der Waals surface area contributed by atoms with Gasteiger partial charge in [0, 0.05) is 12.2 Å². The quantitative estimate of drug-likeness (QED) is 0.410. The molecule has 6 nitrogen and oxygen atoms in total. The van der Waals surface area contributed by atoms with Crippen LogP contribution in [0.1, 0.15) is 38.1 Å². The molecule has 0 radical (unpaired) electrons. The highest BCUT2D eigenvalue weighted by molar-refractivity contribution is 6.05. The summed E-state index contributed by atoms with van der Waals surface area (Å²) in [5.74, 6) is 0.713. The minimum Gasteiger partial charge on any atom is -0.296 e. The Labute approximate surface area is 180 Å². The fourth-order valence-corrected chi connectivity index (χ4v) is 4.14. The maximum Gasteiger partial charge on any atom is 0.265 e. The summed E-state index contributed by atoms with van der Waals surface area (Å²) in [5.41, 5.74) is 5.60. The van der Waals surface area contributed by atoms with Crippen molar-refractivity contribution >= 4 is 33.2 Å². The lowest BCUT2D eigenvalue weighted by atomic mass is 10.1. The second-order valence-corrected chi connectivity index (χ2v) is 7.91. The zero-order valence-electron chi connectivity index (χ0n) is 18.1. The monoisotopic (exact) mass is 411 g/mol. The van der Waals surface area contributed by atoms with Gasteiger partial charge < -0.3 is 0 Å². The predicted octanol–water partition coefficient (Wildman–Crippen LogP) is 4.95. The molecule has 0 atom stereocenters. The van der Waals surface area contributed by atoms with E-state index >= 15 is 0 Å². The Morgan fingerprint density at radius 1 is 0.871 bits per heavy atom. The van der Waals surface area contributed by atoms with Crippen LogP contribution in [0.5, 0.6) is 0 Å². The number of hydrogen-bond acceptors (Lipinski definition) is 4. The molecule has 0 saturated carbocycles. The largest absolute Gasteiger partial charge is 0.296 e. The van der Waals surface area contributed by atoms with E-state index in [1.807, 2.05) is 35.8 Å². The fourth-order valence-electron chi connectivity index (χ4n) is 4.14. The fraction of sp³-hybridized carbons (Fsp3) is 0.280. The summed E-state index contributed by atoms with van der Waals surface area (Å²) < 4.78 is 3.74. The van der Waals surface area contributed by atoms with Crippen LogP contribution in [0.4, 0.5) is 0 Å². The van der Waals surface area contributed by atoms with Gasteiger partial charge >= 0.3 is 0 Å². The lowest BCUT2D eigenvalue weighted by Crippen LogP contribution is -2.24. The van der Waals surface area contributed by atoms with E-state index < -0.39 is 0 Å². The lowest BCUT2D eigenvalue weighted by molar-refractivity contribution is 0.591. The van der Waals surface area contributed by atoms with Gasteiger partial charge in [0.1, 0.15) is 16.7 Å². The molecule has 0 aliphatic rings. The molecule has 5 rings (SSSR count). The molecular weight excluding hydrogens is 386 g/mol. The first-order valence-electron chi connectivity index (χ1n) is 10.9. The van der Waals surface area contributed by atoms with Crippen molar-refractivity contribution in [2.75, 3.05) is 0 Å². The summed E-state index contributed by atoms with van der Waals surface area (Å²) in [6.07, 6.45) is 2.91. The third kappa shape index (κ3) is 3.10.